The average Bonchev–Trinajstić information content (AvgIpc) is 2.27. The zero-order chi connectivity index (χ0) is 11.4. The number of halogens is 2. The van der Waals surface area contributed by atoms with Crippen LogP contribution in [0.5, 0.6) is 0 Å². The van der Waals surface area contributed by atoms with Crippen molar-refractivity contribution in [2.75, 3.05) is 5.32 Å². The lowest BCUT2D eigenvalue weighted by atomic mass is 10.2. The Morgan fingerprint density at radius 2 is 2.00 bits per heavy atom. The third kappa shape index (κ3) is 2.76. The Morgan fingerprint density at radius 1 is 1.12 bits per heavy atom. The molecule has 1 aromatic heterocycles. The third-order valence-electron chi connectivity index (χ3n) is 2.11. The lowest BCUT2D eigenvalue weighted by molar-refractivity contribution is 0.584. The maximum atomic E-state index is 12.9. The van der Waals surface area contributed by atoms with E-state index < -0.39 is 5.95 Å². The van der Waals surface area contributed by atoms with E-state index >= 15 is 0 Å². The molecule has 0 fully saturated rings. The van der Waals surface area contributed by atoms with E-state index in [0.717, 1.165) is 5.56 Å². The molecular formula is C12H10F2N2. The predicted molar refractivity (Wildman–Crippen MR) is 57.9 cm³/mol. The Morgan fingerprint density at radius 3 is 2.75 bits per heavy atom. The second-order valence-electron chi connectivity index (χ2n) is 3.35. The SMILES string of the molecule is Fc1cccc(CNc2ccnc(F)c2)c1. The van der Waals surface area contributed by atoms with Crippen LogP contribution in [0.1, 0.15) is 5.56 Å². The van der Waals surface area contributed by atoms with Crippen molar-refractivity contribution < 1.29 is 8.78 Å². The molecule has 4 heteroatoms. The number of hydrogen-bond acceptors (Lipinski definition) is 2. The second-order valence-corrected chi connectivity index (χ2v) is 3.35. The molecule has 0 amide bonds. The number of hydrogen-bond donors (Lipinski definition) is 1. The summed E-state index contributed by atoms with van der Waals surface area (Å²) in [5, 5.41) is 2.98. The predicted octanol–water partition coefficient (Wildman–Crippen LogP) is 2.97. The van der Waals surface area contributed by atoms with Crippen molar-refractivity contribution in [1.82, 2.24) is 4.98 Å². The summed E-state index contributed by atoms with van der Waals surface area (Å²) in [5.74, 6) is -0.815. The molecule has 0 bridgehead atoms. The van der Waals surface area contributed by atoms with Crippen LogP contribution in [0.15, 0.2) is 42.6 Å². The van der Waals surface area contributed by atoms with Gasteiger partial charge in [-0.2, -0.15) is 4.39 Å². The molecule has 0 saturated heterocycles. The zero-order valence-corrected chi connectivity index (χ0v) is 8.45. The van der Waals surface area contributed by atoms with Crippen LogP contribution in [0.3, 0.4) is 0 Å². The first-order valence-electron chi connectivity index (χ1n) is 4.84. The quantitative estimate of drug-likeness (QED) is 0.804. The highest BCUT2D eigenvalue weighted by Gasteiger charge is 1.97. The lowest BCUT2D eigenvalue weighted by Gasteiger charge is -2.06. The van der Waals surface area contributed by atoms with Crippen molar-refractivity contribution >= 4 is 5.69 Å². The van der Waals surface area contributed by atoms with Crippen LogP contribution in [0.2, 0.25) is 0 Å². The van der Waals surface area contributed by atoms with Gasteiger partial charge < -0.3 is 5.32 Å². The monoisotopic (exact) mass is 220 g/mol. The number of rotatable bonds is 3. The van der Waals surface area contributed by atoms with E-state index in [0.29, 0.717) is 12.2 Å². The van der Waals surface area contributed by atoms with Gasteiger partial charge in [0.25, 0.3) is 0 Å². The van der Waals surface area contributed by atoms with E-state index in [4.69, 9.17) is 0 Å². The van der Waals surface area contributed by atoms with Gasteiger partial charge in [-0.1, -0.05) is 12.1 Å². The van der Waals surface area contributed by atoms with Crippen molar-refractivity contribution in [3.05, 3.63) is 59.9 Å². The van der Waals surface area contributed by atoms with Gasteiger partial charge in [-0.3, -0.25) is 0 Å². The molecule has 2 rings (SSSR count). The summed E-state index contributed by atoms with van der Waals surface area (Å²) in [7, 11) is 0. The zero-order valence-electron chi connectivity index (χ0n) is 8.45. The average molecular weight is 220 g/mol. The minimum absolute atomic E-state index is 0.278. The summed E-state index contributed by atoms with van der Waals surface area (Å²) in [6.07, 6.45) is 1.38. The Kier molecular flexibility index (Phi) is 3.10. The summed E-state index contributed by atoms with van der Waals surface area (Å²) in [4.78, 5) is 3.44. The molecule has 0 radical (unpaired) electrons. The summed E-state index contributed by atoms with van der Waals surface area (Å²) in [6, 6.07) is 9.20. The molecule has 0 aliphatic carbocycles. The minimum Gasteiger partial charge on any atom is -0.381 e. The van der Waals surface area contributed by atoms with Gasteiger partial charge in [-0.15, -0.1) is 0 Å². The van der Waals surface area contributed by atoms with Crippen LogP contribution in [-0.4, -0.2) is 4.98 Å². The van der Waals surface area contributed by atoms with E-state index in [2.05, 4.69) is 10.3 Å². The van der Waals surface area contributed by atoms with E-state index in [-0.39, 0.29) is 5.82 Å². The van der Waals surface area contributed by atoms with Crippen LogP contribution in [0, 0.1) is 11.8 Å². The fraction of sp³-hybridized carbons (Fsp3) is 0.0833. The second kappa shape index (κ2) is 4.70. The molecule has 2 nitrogen and oxygen atoms in total. The number of nitrogens with one attached hydrogen (secondary N) is 1. The van der Waals surface area contributed by atoms with Gasteiger partial charge in [0.05, 0.1) is 0 Å². The summed E-state index contributed by atoms with van der Waals surface area (Å²) >= 11 is 0. The van der Waals surface area contributed by atoms with Crippen molar-refractivity contribution in [3.63, 3.8) is 0 Å². The highest BCUT2D eigenvalue weighted by atomic mass is 19.1. The van der Waals surface area contributed by atoms with Gasteiger partial charge >= 0.3 is 0 Å². The molecule has 0 saturated carbocycles. The lowest BCUT2D eigenvalue weighted by Crippen LogP contribution is -2.00. The maximum Gasteiger partial charge on any atom is 0.214 e. The maximum absolute atomic E-state index is 12.9. The number of aromatic nitrogens is 1. The topological polar surface area (TPSA) is 24.9 Å². The van der Waals surface area contributed by atoms with Gasteiger partial charge in [-0.05, 0) is 23.8 Å². The fourth-order valence-corrected chi connectivity index (χ4v) is 1.36. The Bertz CT molecular complexity index is 440. The van der Waals surface area contributed by atoms with E-state index in [1.165, 1.54) is 24.4 Å². The molecule has 1 N–H and O–H groups in total. The molecule has 2 aromatic rings. The summed E-state index contributed by atoms with van der Waals surface area (Å²) in [5.41, 5.74) is 1.42. The molecule has 0 atom stereocenters. The molecule has 0 aliphatic rings. The number of pyridine rings is 1. The van der Waals surface area contributed by atoms with Crippen LogP contribution in [-0.2, 0) is 6.54 Å². The van der Waals surface area contributed by atoms with Crippen LogP contribution >= 0.6 is 0 Å². The van der Waals surface area contributed by atoms with Crippen molar-refractivity contribution in [2.45, 2.75) is 6.54 Å². The highest BCUT2D eigenvalue weighted by Crippen LogP contribution is 2.10. The minimum atomic E-state index is -0.538. The molecule has 16 heavy (non-hydrogen) atoms. The van der Waals surface area contributed by atoms with Crippen LogP contribution < -0.4 is 5.32 Å². The molecule has 0 unspecified atom stereocenters. The van der Waals surface area contributed by atoms with Gasteiger partial charge in [0.1, 0.15) is 5.82 Å². The smallest absolute Gasteiger partial charge is 0.214 e. The first kappa shape index (κ1) is 10.5. The van der Waals surface area contributed by atoms with E-state index in [9.17, 15) is 8.78 Å². The molecule has 1 aromatic carbocycles. The fourth-order valence-electron chi connectivity index (χ4n) is 1.36. The summed E-state index contributed by atoms with van der Waals surface area (Å²) in [6.45, 7) is 0.446. The molecule has 82 valence electrons. The number of anilines is 1. The molecule has 1 heterocycles. The normalized spacial score (nSPS) is 10.1. The Hall–Kier alpha value is -1.97. The van der Waals surface area contributed by atoms with Crippen molar-refractivity contribution in [3.8, 4) is 0 Å². The van der Waals surface area contributed by atoms with Gasteiger partial charge in [-0.25, -0.2) is 9.37 Å². The molecule has 0 aliphatic heterocycles. The first-order chi connectivity index (χ1) is 7.74. The summed E-state index contributed by atoms with van der Waals surface area (Å²) < 4.78 is 25.6. The third-order valence-corrected chi connectivity index (χ3v) is 2.11. The van der Waals surface area contributed by atoms with Crippen molar-refractivity contribution in [1.29, 1.82) is 0 Å². The first-order valence-corrected chi connectivity index (χ1v) is 4.84. The highest BCUT2D eigenvalue weighted by molar-refractivity contribution is 5.41. The van der Waals surface area contributed by atoms with Gasteiger partial charge in [0.15, 0.2) is 0 Å². The largest absolute Gasteiger partial charge is 0.381 e. The Balaban J connectivity index is 2.02. The van der Waals surface area contributed by atoms with Crippen LogP contribution in [0.25, 0.3) is 0 Å². The van der Waals surface area contributed by atoms with Crippen molar-refractivity contribution in [2.24, 2.45) is 0 Å². The standard InChI is InChI=1S/C12H10F2N2/c13-10-3-1-2-9(6-10)8-16-11-4-5-15-12(14)7-11/h1-7H,8H2,(H,15,16). The van der Waals surface area contributed by atoms with E-state index in [1.807, 2.05) is 0 Å². The van der Waals surface area contributed by atoms with Gasteiger partial charge in [0.2, 0.25) is 5.95 Å². The molecular weight excluding hydrogens is 210 g/mol. The Labute approximate surface area is 92.0 Å². The number of benzene rings is 1. The van der Waals surface area contributed by atoms with Crippen LogP contribution in [0.4, 0.5) is 14.5 Å². The van der Waals surface area contributed by atoms with E-state index in [1.54, 1.807) is 18.2 Å². The van der Waals surface area contributed by atoms with Gasteiger partial charge in [0, 0.05) is 24.5 Å². The number of nitrogens with zero attached hydrogens (tertiary/aromatic N) is 1. The molecule has 0 spiro atoms.